The Morgan fingerprint density at radius 3 is 2.63 bits per heavy atom. The molecule has 2 rings (SSSR count). The van der Waals surface area contributed by atoms with E-state index in [1.165, 1.54) is 49.9 Å². The topological polar surface area (TPSA) is 113 Å². The summed E-state index contributed by atoms with van der Waals surface area (Å²) in [6.45, 7) is 10.9. The van der Waals surface area contributed by atoms with Crippen LogP contribution in [0.3, 0.4) is 0 Å². The molecule has 38 heavy (non-hydrogen) atoms. The van der Waals surface area contributed by atoms with Crippen molar-refractivity contribution in [2.75, 3.05) is 13.7 Å². The summed E-state index contributed by atoms with van der Waals surface area (Å²) in [5.74, 6) is -1.20. The van der Waals surface area contributed by atoms with Crippen molar-refractivity contribution in [2.45, 2.75) is 72.8 Å². The van der Waals surface area contributed by atoms with E-state index < -0.39 is 12.0 Å². The minimum absolute atomic E-state index is 0.0336. The highest BCUT2D eigenvalue weighted by Crippen LogP contribution is 2.40. The normalized spacial score (nSPS) is 17.1. The van der Waals surface area contributed by atoms with Gasteiger partial charge in [-0.25, -0.2) is 9.78 Å². The molecule has 1 aliphatic carbocycles. The predicted molar refractivity (Wildman–Crippen MR) is 150 cm³/mol. The highest BCUT2D eigenvalue weighted by atomic mass is 16.5. The number of H-pyrrole nitrogens is 1. The van der Waals surface area contributed by atoms with Gasteiger partial charge in [-0.1, -0.05) is 55.4 Å². The molecule has 1 aliphatic rings. The molecule has 206 valence electrons. The Morgan fingerprint density at radius 2 is 1.97 bits per heavy atom. The summed E-state index contributed by atoms with van der Waals surface area (Å²) in [6.07, 6.45) is 18.7. The van der Waals surface area contributed by atoms with Gasteiger partial charge in [0.2, 0.25) is 11.8 Å². The number of aromatic nitrogens is 2. The Hall–Kier alpha value is -3.68. The van der Waals surface area contributed by atoms with Crippen molar-refractivity contribution in [2.24, 2.45) is 5.41 Å². The molecule has 1 aromatic rings. The zero-order valence-corrected chi connectivity index (χ0v) is 23.5. The third-order valence-corrected chi connectivity index (χ3v) is 6.58. The Labute approximate surface area is 226 Å². The van der Waals surface area contributed by atoms with Crippen LogP contribution in [0.4, 0.5) is 0 Å². The maximum atomic E-state index is 12.3. The van der Waals surface area contributed by atoms with Crippen molar-refractivity contribution >= 4 is 17.8 Å². The highest BCUT2D eigenvalue weighted by Gasteiger charge is 2.26. The lowest BCUT2D eigenvalue weighted by Crippen LogP contribution is -2.44. The fourth-order valence-corrected chi connectivity index (χ4v) is 4.46. The quantitative estimate of drug-likeness (QED) is 0.210. The first-order chi connectivity index (χ1) is 18.0. The number of methoxy groups -OCH3 is 1. The van der Waals surface area contributed by atoms with Crippen molar-refractivity contribution < 1.29 is 19.1 Å². The maximum Gasteiger partial charge on any atom is 0.328 e. The second-order valence-corrected chi connectivity index (χ2v) is 10.4. The van der Waals surface area contributed by atoms with E-state index in [9.17, 15) is 14.4 Å². The summed E-state index contributed by atoms with van der Waals surface area (Å²) in [4.78, 5) is 43.3. The van der Waals surface area contributed by atoms with Gasteiger partial charge >= 0.3 is 5.97 Å². The molecule has 1 atom stereocenters. The van der Waals surface area contributed by atoms with Crippen LogP contribution in [0.15, 0.2) is 71.3 Å². The summed E-state index contributed by atoms with van der Waals surface area (Å²) >= 11 is 0. The van der Waals surface area contributed by atoms with Crippen LogP contribution in [0.1, 0.15) is 66.0 Å². The molecule has 0 spiro atoms. The summed E-state index contributed by atoms with van der Waals surface area (Å²) < 4.78 is 4.77. The molecule has 0 saturated carbocycles. The second kappa shape index (κ2) is 14.9. The number of ether oxygens (including phenoxy) is 1. The zero-order valence-electron chi connectivity index (χ0n) is 23.5. The third kappa shape index (κ3) is 10.4. The summed E-state index contributed by atoms with van der Waals surface area (Å²) in [5.41, 5.74) is 5.73. The summed E-state index contributed by atoms with van der Waals surface area (Å²) in [6, 6.07) is -0.836. The lowest BCUT2D eigenvalue weighted by Gasteiger charge is -2.32. The third-order valence-electron chi connectivity index (χ3n) is 6.58. The van der Waals surface area contributed by atoms with Crippen molar-refractivity contribution in [3.63, 3.8) is 0 Å². The molecule has 3 N–H and O–H groups in total. The first-order valence-electron chi connectivity index (χ1n) is 13.1. The number of imidazole rings is 1. The Balaban J connectivity index is 1.80. The van der Waals surface area contributed by atoms with Crippen LogP contribution in [-0.2, 0) is 25.5 Å². The van der Waals surface area contributed by atoms with E-state index in [-0.39, 0.29) is 36.6 Å². The SMILES string of the molecule is COC(=O)[C@H](Cc1cnc[nH]1)NC(=O)CCNC(=O)C=C(C)C=CC=C(C)C=CC1=C(C)CCCC1(C)C. The fraction of sp³-hybridized carbons (Fsp3) is 0.467. The van der Waals surface area contributed by atoms with Crippen LogP contribution >= 0.6 is 0 Å². The molecule has 0 radical (unpaired) electrons. The molecule has 0 aromatic carbocycles. The van der Waals surface area contributed by atoms with E-state index in [0.717, 1.165) is 11.1 Å². The number of amides is 2. The number of carbonyl (C=O) groups excluding carboxylic acids is 3. The fourth-order valence-electron chi connectivity index (χ4n) is 4.46. The van der Waals surface area contributed by atoms with E-state index in [2.05, 4.69) is 60.4 Å². The van der Waals surface area contributed by atoms with Gasteiger partial charge in [0, 0.05) is 37.4 Å². The number of carbonyl (C=O) groups is 3. The van der Waals surface area contributed by atoms with Crippen LogP contribution in [0.25, 0.3) is 0 Å². The number of allylic oxidation sites excluding steroid dienone is 9. The molecule has 0 fully saturated rings. The Morgan fingerprint density at radius 1 is 1.21 bits per heavy atom. The number of nitrogens with one attached hydrogen (secondary N) is 3. The molecular weight excluding hydrogens is 480 g/mol. The number of nitrogens with zero attached hydrogens (tertiary/aromatic N) is 1. The molecular formula is C30H42N4O4. The lowest BCUT2D eigenvalue weighted by molar-refractivity contribution is -0.145. The number of hydrogen-bond donors (Lipinski definition) is 3. The standard InChI is InChI=1S/C30H42N4O4/c1-21(12-13-25-23(3)11-8-15-30(25,4)5)9-7-10-22(2)17-28(36)32-16-14-27(35)34-26(29(37)38-6)18-24-19-31-20-33-24/h7,9-10,12-13,17,19-20,26H,8,11,14-16,18H2,1-6H3,(H,31,33)(H,32,36)(H,34,35)/t26-/m0/s1. The minimum Gasteiger partial charge on any atom is -0.467 e. The highest BCUT2D eigenvalue weighted by molar-refractivity contribution is 5.89. The van der Waals surface area contributed by atoms with Crippen molar-refractivity contribution in [3.05, 3.63) is 77.0 Å². The number of rotatable bonds is 12. The largest absolute Gasteiger partial charge is 0.467 e. The number of esters is 1. The Kier molecular flexibility index (Phi) is 12.0. The van der Waals surface area contributed by atoms with Gasteiger partial charge in [-0.2, -0.15) is 0 Å². The summed E-state index contributed by atoms with van der Waals surface area (Å²) in [7, 11) is 1.27. The second-order valence-electron chi connectivity index (χ2n) is 10.4. The van der Waals surface area contributed by atoms with E-state index in [0.29, 0.717) is 5.69 Å². The average Bonchev–Trinajstić information content (AvgIpc) is 3.35. The maximum absolute atomic E-state index is 12.3. The monoisotopic (exact) mass is 522 g/mol. The van der Waals surface area contributed by atoms with Crippen molar-refractivity contribution in [1.82, 2.24) is 20.6 Å². The van der Waals surface area contributed by atoms with Gasteiger partial charge in [0.1, 0.15) is 6.04 Å². The molecule has 0 unspecified atom stereocenters. The molecule has 0 bridgehead atoms. The zero-order chi connectivity index (χ0) is 28.1. The number of aromatic amines is 1. The van der Waals surface area contributed by atoms with Crippen LogP contribution in [0.2, 0.25) is 0 Å². The minimum atomic E-state index is -0.836. The predicted octanol–water partition coefficient (Wildman–Crippen LogP) is 4.65. The van der Waals surface area contributed by atoms with Gasteiger partial charge < -0.3 is 20.4 Å². The van der Waals surface area contributed by atoms with Crippen molar-refractivity contribution in [3.8, 4) is 0 Å². The molecule has 2 amide bonds. The van der Waals surface area contributed by atoms with Crippen LogP contribution in [0.5, 0.6) is 0 Å². The lowest BCUT2D eigenvalue weighted by atomic mass is 9.72. The van der Waals surface area contributed by atoms with Gasteiger partial charge in [0.25, 0.3) is 0 Å². The molecule has 1 aromatic heterocycles. The summed E-state index contributed by atoms with van der Waals surface area (Å²) in [5, 5.41) is 5.34. The average molecular weight is 523 g/mol. The molecule has 0 saturated heterocycles. The van der Waals surface area contributed by atoms with E-state index in [4.69, 9.17) is 4.74 Å². The molecule has 1 heterocycles. The van der Waals surface area contributed by atoms with Crippen LogP contribution in [-0.4, -0.2) is 47.4 Å². The van der Waals surface area contributed by atoms with Crippen molar-refractivity contribution in [1.29, 1.82) is 0 Å². The van der Waals surface area contributed by atoms with E-state index in [1.54, 1.807) is 6.20 Å². The van der Waals surface area contributed by atoms with Gasteiger partial charge in [0.15, 0.2) is 0 Å². The first-order valence-corrected chi connectivity index (χ1v) is 13.1. The van der Waals surface area contributed by atoms with Gasteiger partial charge in [-0.3, -0.25) is 9.59 Å². The first kappa shape index (κ1) is 30.5. The van der Waals surface area contributed by atoms with Crippen LogP contribution in [0, 0.1) is 5.41 Å². The van der Waals surface area contributed by atoms with E-state index in [1.807, 2.05) is 25.2 Å². The molecule has 0 aliphatic heterocycles. The van der Waals surface area contributed by atoms with E-state index >= 15 is 0 Å². The smallest absolute Gasteiger partial charge is 0.328 e. The molecule has 8 heteroatoms. The molecule has 8 nitrogen and oxygen atoms in total. The van der Waals surface area contributed by atoms with Crippen LogP contribution < -0.4 is 10.6 Å². The van der Waals surface area contributed by atoms with Gasteiger partial charge in [-0.05, 0) is 56.6 Å². The van der Waals surface area contributed by atoms with Gasteiger partial charge in [-0.15, -0.1) is 0 Å². The number of hydrogen-bond acceptors (Lipinski definition) is 5. The van der Waals surface area contributed by atoms with Gasteiger partial charge in [0.05, 0.1) is 13.4 Å². The Bertz CT molecular complexity index is 1120.